The van der Waals surface area contributed by atoms with Crippen molar-refractivity contribution in [2.24, 2.45) is 11.3 Å². The first-order chi connectivity index (χ1) is 7.96. The van der Waals surface area contributed by atoms with E-state index in [1.807, 2.05) is 4.90 Å². The molecule has 1 N–H and O–H groups in total. The maximum Gasteiger partial charge on any atom is 0.222 e. The summed E-state index contributed by atoms with van der Waals surface area (Å²) in [7, 11) is 0. The van der Waals surface area contributed by atoms with Gasteiger partial charge in [-0.15, -0.1) is 0 Å². The van der Waals surface area contributed by atoms with Gasteiger partial charge in [0.2, 0.25) is 5.91 Å². The lowest BCUT2D eigenvalue weighted by Gasteiger charge is -2.34. The molecule has 0 radical (unpaired) electrons. The minimum Gasteiger partial charge on any atom is -0.391 e. The number of carbonyl (C=O) groups is 1. The Bertz CT molecular complexity index is 278. The predicted octanol–water partition coefficient (Wildman–Crippen LogP) is 2.19. The Morgan fingerprint density at radius 2 is 1.94 bits per heavy atom. The van der Waals surface area contributed by atoms with Gasteiger partial charge in [0, 0.05) is 19.5 Å². The molecule has 1 aliphatic heterocycles. The van der Waals surface area contributed by atoms with Crippen LogP contribution in [0.2, 0.25) is 0 Å². The standard InChI is InChI=1S/C14H25NO2/c1-14(2)6-3-11(4-7-14)9-13(17)15-8-5-12(16)10-15/h11-12,16H,3-10H2,1-2H3/t12-/m0/s1. The van der Waals surface area contributed by atoms with Crippen LogP contribution in [0.4, 0.5) is 0 Å². The molecule has 0 unspecified atom stereocenters. The van der Waals surface area contributed by atoms with Gasteiger partial charge in [-0.3, -0.25) is 4.79 Å². The maximum absolute atomic E-state index is 12.0. The van der Waals surface area contributed by atoms with Crippen LogP contribution in [-0.2, 0) is 4.79 Å². The molecule has 1 amide bonds. The van der Waals surface area contributed by atoms with Crippen molar-refractivity contribution in [1.29, 1.82) is 0 Å². The number of rotatable bonds is 2. The van der Waals surface area contributed by atoms with E-state index in [0.29, 0.717) is 24.3 Å². The molecule has 2 fully saturated rings. The van der Waals surface area contributed by atoms with Gasteiger partial charge in [0.1, 0.15) is 0 Å². The van der Waals surface area contributed by atoms with Crippen LogP contribution in [0.1, 0.15) is 52.4 Å². The summed E-state index contributed by atoms with van der Waals surface area (Å²) < 4.78 is 0. The van der Waals surface area contributed by atoms with E-state index in [-0.39, 0.29) is 12.0 Å². The monoisotopic (exact) mass is 239 g/mol. The Morgan fingerprint density at radius 1 is 1.29 bits per heavy atom. The fourth-order valence-electron chi connectivity index (χ4n) is 3.01. The third-order valence-electron chi connectivity index (χ3n) is 4.44. The molecule has 1 saturated carbocycles. The predicted molar refractivity (Wildman–Crippen MR) is 67.6 cm³/mol. The second-order valence-electron chi connectivity index (χ2n) is 6.59. The minimum absolute atomic E-state index is 0.256. The Morgan fingerprint density at radius 3 is 2.47 bits per heavy atom. The van der Waals surface area contributed by atoms with Gasteiger partial charge in [-0.1, -0.05) is 13.8 Å². The lowest BCUT2D eigenvalue weighted by Crippen LogP contribution is -2.32. The van der Waals surface area contributed by atoms with Gasteiger partial charge in [-0.25, -0.2) is 0 Å². The molecule has 2 aliphatic rings. The second kappa shape index (κ2) is 4.97. The lowest BCUT2D eigenvalue weighted by atomic mass is 9.72. The number of β-amino-alcohol motifs (C(OH)–C–C–N with tert-alkyl or cyclic N) is 1. The average molecular weight is 239 g/mol. The zero-order valence-electron chi connectivity index (χ0n) is 11.1. The van der Waals surface area contributed by atoms with Gasteiger partial charge in [-0.05, 0) is 43.4 Å². The van der Waals surface area contributed by atoms with Crippen molar-refractivity contribution in [2.75, 3.05) is 13.1 Å². The van der Waals surface area contributed by atoms with Gasteiger partial charge in [0.25, 0.3) is 0 Å². The fraction of sp³-hybridized carbons (Fsp3) is 0.929. The molecule has 1 atom stereocenters. The van der Waals surface area contributed by atoms with Gasteiger partial charge in [0.05, 0.1) is 6.10 Å². The Hall–Kier alpha value is -0.570. The highest BCUT2D eigenvalue weighted by atomic mass is 16.3. The van der Waals surface area contributed by atoms with Crippen molar-refractivity contribution in [2.45, 2.75) is 58.5 Å². The summed E-state index contributed by atoms with van der Waals surface area (Å²) in [6, 6.07) is 0. The van der Waals surface area contributed by atoms with E-state index in [0.717, 1.165) is 13.0 Å². The van der Waals surface area contributed by atoms with Gasteiger partial charge in [0.15, 0.2) is 0 Å². The Kier molecular flexibility index (Phi) is 3.76. The van der Waals surface area contributed by atoms with Gasteiger partial charge < -0.3 is 10.0 Å². The molecule has 0 aromatic rings. The topological polar surface area (TPSA) is 40.5 Å². The SMILES string of the molecule is CC1(C)CCC(CC(=O)N2CC[C@H](O)C2)CC1. The molecule has 17 heavy (non-hydrogen) atoms. The molecule has 1 aliphatic carbocycles. The van der Waals surface area contributed by atoms with Crippen molar-refractivity contribution in [1.82, 2.24) is 4.90 Å². The van der Waals surface area contributed by atoms with E-state index < -0.39 is 0 Å². The van der Waals surface area contributed by atoms with Gasteiger partial charge in [-0.2, -0.15) is 0 Å². The van der Waals surface area contributed by atoms with Crippen molar-refractivity contribution in [3.8, 4) is 0 Å². The number of likely N-dealkylation sites (tertiary alicyclic amines) is 1. The molecular formula is C14H25NO2. The van der Waals surface area contributed by atoms with E-state index in [2.05, 4.69) is 13.8 Å². The number of amides is 1. The number of hydrogen-bond donors (Lipinski definition) is 1. The second-order valence-corrected chi connectivity index (χ2v) is 6.59. The van der Waals surface area contributed by atoms with Crippen molar-refractivity contribution >= 4 is 5.91 Å². The molecule has 0 aromatic carbocycles. The average Bonchev–Trinajstić information content (AvgIpc) is 2.68. The number of nitrogens with zero attached hydrogens (tertiary/aromatic N) is 1. The summed E-state index contributed by atoms with van der Waals surface area (Å²) >= 11 is 0. The third kappa shape index (κ3) is 3.44. The van der Waals surface area contributed by atoms with Crippen LogP contribution in [0, 0.1) is 11.3 Å². The van der Waals surface area contributed by atoms with Crippen LogP contribution >= 0.6 is 0 Å². The van der Waals surface area contributed by atoms with Crippen LogP contribution in [0.3, 0.4) is 0 Å². The summed E-state index contributed by atoms with van der Waals surface area (Å²) in [6.07, 6.45) is 6.03. The van der Waals surface area contributed by atoms with E-state index in [4.69, 9.17) is 0 Å². The third-order valence-corrected chi connectivity index (χ3v) is 4.44. The van der Waals surface area contributed by atoms with Crippen molar-refractivity contribution in [3.05, 3.63) is 0 Å². The summed E-state index contributed by atoms with van der Waals surface area (Å²) in [5.74, 6) is 0.833. The molecule has 3 nitrogen and oxygen atoms in total. The van der Waals surface area contributed by atoms with E-state index >= 15 is 0 Å². The normalized spacial score (nSPS) is 29.6. The quantitative estimate of drug-likeness (QED) is 0.802. The van der Waals surface area contributed by atoms with E-state index in [9.17, 15) is 9.90 Å². The summed E-state index contributed by atoms with van der Waals surface area (Å²) in [5, 5.41) is 9.43. The molecule has 3 heteroatoms. The van der Waals surface area contributed by atoms with Crippen LogP contribution in [0.25, 0.3) is 0 Å². The van der Waals surface area contributed by atoms with Crippen molar-refractivity contribution < 1.29 is 9.90 Å². The van der Waals surface area contributed by atoms with E-state index in [1.165, 1.54) is 25.7 Å². The number of hydrogen-bond acceptors (Lipinski definition) is 2. The lowest BCUT2D eigenvalue weighted by molar-refractivity contribution is -0.131. The fourth-order valence-corrected chi connectivity index (χ4v) is 3.01. The number of aliphatic hydroxyl groups excluding tert-OH is 1. The molecule has 2 rings (SSSR count). The summed E-state index contributed by atoms with van der Waals surface area (Å²) in [4.78, 5) is 13.9. The molecule has 1 saturated heterocycles. The summed E-state index contributed by atoms with van der Waals surface area (Å²) in [6.45, 7) is 5.94. The van der Waals surface area contributed by atoms with Crippen LogP contribution in [0.5, 0.6) is 0 Å². The zero-order valence-corrected chi connectivity index (χ0v) is 11.1. The molecule has 1 heterocycles. The highest BCUT2D eigenvalue weighted by molar-refractivity contribution is 5.76. The number of carbonyl (C=O) groups excluding carboxylic acids is 1. The molecule has 0 spiro atoms. The molecule has 0 aromatic heterocycles. The van der Waals surface area contributed by atoms with Crippen LogP contribution in [0.15, 0.2) is 0 Å². The molecular weight excluding hydrogens is 214 g/mol. The first-order valence-corrected chi connectivity index (χ1v) is 6.92. The first kappa shape index (κ1) is 12.9. The van der Waals surface area contributed by atoms with Crippen molar-refractivity contribution in [3.63, 3.8) is 0 Å². The number of aliphatic hydroxyl groups is 1. The Balaban J connectivity index is 1.76. The highest BCUT2D eigenvalue weighted by Gasteiger charge is 2.30. The van der Waals surface area contributed by atoms with Crippen LogP contribution in [-0.4, -0.2) is 35.1 Å². The van der Waals surface area contributed by atoms with Gasteiger partial charge >= 0.3 is 0 Å². The highest BCUT2D eigenvalue weighted by Crippen LogP contribution is 2.39. The summed E-state index contributed by atoms with van der Waals surface area (Å²) in [5.41, 5.74) is 0.476. The largest absolute Gasteiger partial charge is 0.391 e. The maximum atomic E-state index is 12.0. The zero-order chi connectivity index (χ0) is 12.5. The minimum atomic E-state index is -0.288. The molecule has 98 valence electrons. The van der Waals surface area contributed by atoms with E-state index in [1.54, 1.807) is 0 Å². The van der Waals surface area contributed by atoms with Crippen LogP contribution < -0.4 is 0 Å². The molecule has 0 bridgehead atoms. The first-order valence-electron chi connectivity index (χ1n) is 6.92. The smallest absolute Gasteiger partial charge is 0.222 e. The Labute approximate surface area is 104 Å².